The molecule has 0 spiro atoms. The lowest BCUT2D eigenvalue weighted by Gasteiger charge is -2.09. The largest absolute Gasteiger partial charge is 0.458 e. The Bertz CT molecular complexity index is 756. The summed E-state index contributed by atoms with van der Waals surface area (Å²) < 4.78 is 6.77. The van der Waals surface area contributed by atoms with E-state index < -0.39 is 0 Å². The fourth-order valence-electron chi connectivity index (χ4n) is 2.14. The zero-order valence-electron chi connectivity index (χ0n) is 10.5. The second-order valence-corrected chi connectivity index (χ2v) is 5.85. The van der Waals surface area contributed by atoms with Gasteiger partial charge in [-0.2, -0.15) is 0 Å². The summed E-state index contributed by atoms with van der Waals surface area (Å²) in [5.74, 6) is 0.750. The van der Waals surface area contributed by atoms with Gasteiger partial charge in [0.15, 0.2) is 0 Å². The molecule has 102 valence electrons. The minimum Gasteiger partial charge on any atom is -0.458 e. The van der Waals surface area contributed by atoms with Crippen molar-refractivity contribution < 1.29 is 4.42 Å². The van der Waals surface area contributed by atoms with E-state index in [9.17, 15) is 0 Å². The molecule has 0 aliphatic carbocycles. The maximum Gasteiger partial charge on any atom is 0.148 e. The van der Waals surface area contributed by atoms with Crippen molar-refractivity contribution >= 4 is 38.5 Å². The molecule has 0 radical (unpaired) electrons. The van der Waals surface area contributed by atoms with Crippen LogP contribution in [0.5, 0.6) is 0 Å². The minimum atomic E-state index is -0.241. The van der Waals surface area contributed by atoms with E-state index in [-0.39, 0.29) is 6.04 Å². The average Bonchev–Trinajstić information content (AvgIpc) is 2.87. The van der Waals surface area contributed by atoms with E-state index in [0.717, 1.165) is 26.8 Å². The summed E-state index contributed by atoms with van der Waals surface area (Å²) in [7, 11) is 0. The molecule has 1 atom stereocenters. The van der Waals surface area contributed by atoms with E-state index in [2.05, 4.69) is 20.9 Å². The van der Waals surface area contributed by atoms with Crippen molar-refractivity contribution in [3.8, 4) is 0 Å². The van der Waals surface area contributed by atoms with Gasteiger partial charge in [0, 0.05) is 17.8 Å². The van der Waals surface area contributed by atoms with E-state index in [4.69, 9.17) is 21.8 Å². The van der Waals surface area contributed by atoms with Gasteiger partial charge in [-0.1, -0.05) is 23.7 Å². The number of nitrogens with zero attached hydrogens (tertiary/aromatic N) is 1. The lowest BCUT2D eigenvalue weighted by molar-refractivity contribution is 0.493. The highest BCUT2D eigenvalue weighted by molar-refractivity contribution is 9.10. The summed E-state index contributed by atoms with van der Waals surface area (Å²) >= 11 is 9.58. The molecule has 0 bridgehead atoms. The van der Waals surface area contributed by atoms with E-state index in [1.165, 1.54) is 0 Å². The third-order valence-corrected chi connectivity index (χ3v) is 4.14. The van der Waals surface area contributed by atoms with Crippen LogP contribution in [0.3, 0.4) is 0 Å². The first kappa shape index (κ1) is 13.6. The number of para-hydroxylation sites is 1. The number of pyridine rings is 1. The maximum absolute atomic E-state index is 6.22. The Balaban J connectivity index is 1.91. The van der Waals surface area contributed by atoms with E-state index >= 15 is 0 Å². The Morgan fingerprint density at radius 1 is 1.35 bits per heavy atom. The second kappa shape index (κ2) is 5.56. The quantitative estimate of drug-likeness (QED) is 0.756. The van der Waals surface area contributed by atoms with Crippen LogP contribution < -0.4 is 5.73 Å². The Labute approximate surface area is 129 Å². The van der Waals surface area contributed by atoms with Gasteiger partial charge in [-0.15, -0.1) is 0 Å². The van der Waals surface area contributed by atoms with Crippen LogP contribution in [0.1, 0.15) is 17.4 Å². The van der Waals surface area contributed by atoms with Crippen LogP contribution in [0.15, 0.2) is 51.6 Å². The lowest BCUT2D eigenvalue weighted by Crippen LogP contribution is -2.12. The lowest BCUT2D eigenvalue weighted by atomic mass is 10.1. The third kappa shape index (κ3) is 2.59. The molecule has 3 nitrogen and oxygen atoms in total. The Kier molecular flexibility index (Phi) is 3.78. The molecule has 3 aromatic rings. The number of benzene rings is 1. The Morgan fingerprint density at radius 2 is 2.20 bits per heavy atom. The van der Waals surface area contributed by atoms with Crippen LogP contribution in [0, 0.1) is 0 Å². The van der Waals surface area contributed by atoms with E-state index in [1.54, 1.807) is 12.4 Å². The Morgan fingerprint density at radius 3 is 2.95 bits per heavy atom. The number of fused-ring (bicyclic) bond motifs is 1. The van der Waals surface area contributed by atoms with Crippen molar-refractivity contribution in [2.75, 3.05) is 0 Å². The molecule has 0 aliphatic rings. The second-order valence-electron chi connectivity index (χ2n) is 4.58. The van der Waals surface area contributed by atoms with Crippen molar-refractivity contribution in [1.82, 2.24) is 4.98 Å². The fraction of sp³-hybridized carbons (Fsp3) is 0.133. The Hall–Kier alpha value is -1.36. The standard InChI is InChI=1S/C15H12BrClN2O/c16-11-3-1-2-10-7-14(20-15(10)11)13(18)6-9-4-5-19-8-12(9)17/h1-5,7-8,13H,6,18H2. The fourth-order valence-corrected chi connectivity index (χ4v) is 2.80. The van der Waals surface area contributed by atoms with Crippen molar-refractivity contribution in [3.63, 3.8) is 0 Å². The van der Waals surface area contributed by atoms with Gasteiger partial charge >= 0.3 is 0 Å². The first-order chi connectivity index (χ1) is 9.65. The maximum atomic E-state index is 6.22. The van der Waals surface area contributed by atoms with Crippen LogP contribution >= 0.6 is 27.5 Å². The van der Waals surface area contributed by atoms with Crippen LogP contribution in [-0.4, -0.2) is 4.98 Å². The molecule has 0 saturated heterocycles. The highest BCUT2D eigenvalue weighted by atomic mass is 79.9. The van der Waals surface area contributed by atoms with Crippen molar-refractivity contribution in [2.45, 2.75) is 12.5 Å². The summed E-state index contributed by atoms with van der Waals surface area (Å²) in [6.07, 6.45) is 3.95. The average molecular weight is 352 g/mol. The summed E-state index contributed by atoms with van der Waals surface area (Å²) in [4.78, 5) is 3.97. The number of aromatic nitrogens is 1. The third-order valence-electron chi connectivity index (χ3n) is 3.18. The predicted octanol–water partition coefficient (Wildman–Crippen LogP) is 4.49. The highest BCUT2D eigenvalue weighted by Crippen LogP contribution is 2.30. The molecule has 3 rings (SSSR count). The molecule has 2 N–H and O–H groups in total. The van der Waals surface area contributed by atoms with E-state index in [0.29, 0.717) is 11.4 Å². The van der Waals surface area contributed by atoms with Crippen molar-refractivity contribution in [3.05, 3.63) is 63.5 Å². The molecular weight excluding hydrogens is 340 g/mol. The number of furan rings is 1. The molecule has 1 aromatic carbocycles. The molecule has 0 fully saturated rings. The molecule has 0 aliphatic heterocycles. The first-order valence-electron chi connectivity index (χ1n) is 6.17. The first-order valence-corrected chi connectivity index (χ1v) is 7.34. The molecule has 0 saturated carbocycles. The van der Waals surface area contributed by atoms with Crippen LogP contribution in [-0.2, 0) is 6.42 Å². The topological polar surface area (TPSA) is 52.0 Å². The minimum absolute atomic E-state index is 0.241. The molecular formula is C15H12BrClN2O. The van der Waals surface area contributed by atoms with Gasteiger partial charge in [0.1, 0.15) is 11.3 Å². The summed E-state index contributed by atoms with van der Waals surface area (Å²) in [6, 6.07) is 9.52. The molecule has 5 heteroatoms. The number of nitrogens with two attached hydrogens (primary N) is 1. The zero-order chi connectivity index (χ0) is 14.1. The van der Waals surface area contributed by atoms with Crippen molar-refractivity contribution in [2.24, 2.45) is 5.73 Å². The van der Waals surface area contributed by atoms with Gasteiger partial charge in [0.05, 0.1) is 15.5 Å². The molecule has 0 amide bonds. The molecule has 20 heavy (non-hydrogen) atoms. The zero-order valence-corrected chi connectivity index (χ0v) is 12.9. The van der Waals surface area contributed by atoms with Crippen LogP contribution in [0.25, 0.3) is 11.0 Å². The van der Waals surface area contributed by atoms with Crippen LogP contribution in [0.2, 0.25) is 5.02 Å². The number of hydrogen-bond acceptors (Lipinski definition) is 3. The van der Waals surface area contributed by atoms with Gasteiger partial charge < -0.3 is 10.2 Å². The molecule has 2 heterocycles. The SMILES string of the molecule is NC(Cc1ccncc1Cl)c1cc2cccc(Br)c2o1. The van der Waals surface area contributed by atoms with Gasteiger partial charge in [0.2, 0.25) is 0 Å². The van der Waals surface area contributed by atoms with E-state index in [1.807, 2.05) is 30.3 Å². The summed E-state index contributed by atoms with van der Waals surface area (Å²) in [5, 5.41) is 1.66. The molecule has 2 aromatic heterocycles. The molecule has 1 unspecified atom stereocenters. The number of hydrogen-bond donors (Lipinski definition) is 1. The van der Waals surface area contributed by atoms with Gasteiger partial charge in [0.25, 0.3) is 0 Å². The number of rotatable bonds is 3. The highest BCUT2D eigenvalue weighted by Gasteiger charge is 2.15. The van der Waals surface area contributed by atoms with Gasteiger partial charge in [-0.05, 0) is 46.1 Å². The van der Waals surface area contributed by atoms with Gasteiger partial charge in [-0.25, -0.2) is 0 Å². The predicted molar refractivity (Wildman–Crippen MR) is 83.8 cm³/mol. The van der Waals surface area contributed by atoms with Gasteiger partial charge in [-0.3, -0.25) is 4.98 Å². The smallest absolute Gasteiger partial charge is 0.148 e. The normalized spacial score (nSPS) is 12.8. The monoisotopic (exact) mass is 350 g/mol. The van der Waals surface area contributed by atoms with Crippen molar-refractivity contribution in [1.29, 1.82) is 0 Å². The number of halogens is 2. The van der Waals surface area contributed by atoms with Crippen LogP contribution in [0.4, 0.5) is 0 Å². The summed E-state index contributed by atoms with van der Waals surface area (Å²) in [5.41, 5.74) is 8.01. The summed E-state index contributed by atoms with van der Waals surface area (Å²) in [6.45, 7) is 0.